The summed E-state index contributed by atoms with van der Waals surface area (Å²) in [4.78, 5) is 1.92. The number of aryl methyl sites for hydroxylation is 1. The van der Waals surface area contributed by atoms with Crippen LogP contribution in [0, 0.1) is 0 Å². The van der Waals surface area contributed by atoms with Crippen LogP contribution in [0.2, 0.25) is 0 Å². The monoisotopic (exact) mass is 335 g/mol. The van der Waals surface area contributed by atoms with Gasteiger partial charge in [-0.1, -0.05) is 5.10 Å². The predicted octanol–water partition coefficient (Wildman–Crippen LogP) is 3.31. The fourth-order valence-electron chi connectivity index (χ4n) is 1.35. The number of thiophene rings is 1. The van der Waals surface area contributed by atoms with E-state index in [4.69, 9.17) is 16.0 Å². The summed E-state index contributed by atoms with van der Waals surface area (Å²) in [6.45, 7) is 0.741. The molecular weight excluding hydrogens is 326 g/mol. The van der Waals surface area contributed by atoms with Crippen molar-refractivity contribution in [3.05, 3.63) is 26.7 Å². The molecule has 0 spiro atoms. The van der Waals surface area contributed by atoms with E-state index in [0.717, 1.165) is 10.3 Å². The van der Waals surface area contributed by atoms with Gasteiger partial charge in [0.05, 0.1) is 3.79 Å². The Morgan fingerprint density at radius 3 is 3.00 bits per heavy atom. The predicted molar refractivity (Wildman–Crippen MR) is 72.8 cm³/mol. The Balaban J connectivity index is 2.01. The first-order chi connectivity index (χ1) is 8.19. The number of anilines is 1. The summed E-state index contributed by atoms with van der Waals surface area (Å²) in [6, 6.07) is 2.60. The van der Waals surface area contributed by atoms with Gasteiger partial charge in [0.15, 0.2) is 0 Å². The molecule has 0 aliphatic rings. The summed E-state index contributed by atoms with van der Waals surface area (Å²) in [5.74, 6) is 1.07. The lowest BCUT2D eigenvalue weighted by atomic mass is 10.3. The van der Waals surface area contributed by atoms with Crippen molar-refractivity contribution in [2.24, 2.45) is 0 Å². The minimum atomic E-state index is 0.489. The minimum absolute atomic E-state index is 0.489. The molecule has 4 nitrogen and oxygen atoms in total. The van der Waals surface area contributed by atoms with E-state index >= 15 is 0 Å². The van der Waals surface area contributed by atoms with Crippen LogP contribution in [0.15, 0.2) is 19.6 Å². The fourth-order valence-corrected chi connectivity index (χ4v) is 2.71. The molecule has 0 N–H and O–H groups in total. The van der Waals surface area contributed by atoms with E-state index < -0.39 is 0 Å². The van der Waals surface area contributed by atoms with Gasteiger partial charge in [-0.05, 0) is 32.9 Å². The van der Waals surface area contributed by atoms with Crippen LogP contribution in [0.5, 0.6) is 0 Å². The largest absolute Gasteiger partial charge is 0.408 e. The third kappa shape index (κ3) is 3.43. The second kappa shape index (κ2) is 5.84. The molecule has 0 aliphatic carbocycles. The van der Waals surface area contributed by atoms with Crippen LogP contribution in [0.1, 0.15) is 11.5 Å². The SMILES string of the molecule is CN(Cc1csc(Br)c1)c1nnc(CCCl)o1. The van der Waals surface area contributed by atoms with Gasteiger partial charge in [-0.3, -0.25) is 0 Å². The summed E-state index contributed by atoms with van der Waals surface area (Å²) < 4.78 is 6.60. The molecule has 0 aromatic carbocycles. The molecular formula is C10H11BrClN3OS. The topological polar surface area (TPSA) is 42.2 Å². The van der Waals surface area contributed by atoms with Crippen LogP contribution in [-0.2, 0) is 13.0 Å². The highest BCUT2D eigenvalue weighted by molar-refractivity contribution is 9.11. The molecule has 0 aliphatic heterocycles. The molecule has 0 amide bonds. The van der Waals surface area contributed by atoms with Gasteiger partial charge in [0.25, 0.3) is 0 Å². The van der Waals surface area contributed by atoms with Crippen LogP contribution in [0.25, 0.3) is 0 Å². The van der Waals surface area contributed by atoms with Gasteiger partial charge in [-0.2, -0.15) is 0 Å². The van der Waals surface area contributed by atoms with Crippen molar-refractivity contribution in [1.82, 2.24) is 10.2 Å². The number of hydrogen-bond acceptors (Lipinski definition) is 5. The van der Waals surface area contributed by atoms with E-state index in [2.05, 4.69) is 37.6 Å². The molecule has 0 saturated carbocycles. The van der Waals surface area contributed by atoms with Crippen molar-refractivity contribution in [3.63, 3.8) is 0 Å². The molecule has 0 saturated heterocycles. The van der Waals surface area contributed by atoms with Gasteiger partial charge < -0.3 is 9.32 Å². The third-order valence-electron chi connectivity index (χ3n) is 2.13. The van der Waals surface area contributed by atoms with E-state index in [1.807, 2.05) is 11.9 Å². The molecule has 92 valence electrons. The van der Waals surface area contributed by atoms with Crippen LogP contribution in [0.3, 0.4) is 0 Å². The number of hydrogen-bond donors (Lipinski definition) is 0. The number of nitrogens with zero attached hydrogens (tertiary/aromatic N) is 3. The van der Waals surface area contributed by atoms with E-state index in [-0.39, 0.29) is 0 Å². The minimum Gasteiger partial charge on any atom is -0.408 e. The van der Waals surface area contributed by atoms with Gasteiger partial charge in [-0.15, -0.1) is 28.0 Å². The lowest BCUT2D eigenvalue weighted by Crippen LogP contribution is -2.16. The van der Waals surface area contributed by atoms with Crippen molar-refractivity contribution in [1.29, 1.82) is 0 Å². The van der Waals surface area contributed by atoms with E-state index in [1.54, 1.807) is 11.3 Å². The van der Waals surface area contributed by atoms with Crippen LogP contribution in [0.4, 0.5) is 6.01 Å². The molecule has 0 bridgehead atoms. The zero-order chi connectivity index (χ0) is 12.3. The van der Waals surface area contributed by atoms with E-state index in [9.17, 15) is 0 Å². The smallest absolute Gasteiger partial charge is 0.318 e. The molecule has 17 heavy (non-hydrogen) atoms. The zero-order valence-electron chi connectivity index (χ0n) is 9.19. The van der Waals surface area contributed by atoms with Gasteiger partial charge in [-0.25, -0.2) is 0 Å². The van der Waals surface area contributed by atoms with Crippen LogP contribution < -0.4 is 4.90 Å². The standard InChI is InChI=1S/C10H11BrClN3OS/c1-15(5-7-4-8(11)17-6-7)10-14-13-9(16-10)2-3-12/h4,6H,2-3,5H2,1H3. The highest BCUT2D eigenvalue weighted by Crippen LogP contribution is 2.23. The Morgan fingerprint density at radius 2 is 2.35 bits per heavy atom. The molecule has 2 aromatic heterocycles. The lowest BCUT2D eigenvalue weighted by molar-refractivity contribution is 0.495. The molecule has 0 radical (unpaired) electrons. The van der Waals surface area contributed by atoms with Crippen molar-refractivity contribution in [3.8, 4) is 0 Å². The average molecular weight is 337 g/mol. The lowest BCUT2D eigenvalue weighted by Gasteiger charge is -2.12. The molecule has 0 atom stereocenters. The Bertz CT molecular complexity index is 487. The van der Waals surface area contributed by atoms with Crippen molar-refractivity contribution in [2.75, 3.05) is 17.8 Å². The first kappa shape index (κ1) is 12.9. The number of rotatable bonds is 5. The maximum Gasteiger partial charge on any atom is 0.318 e. The van der Waals surface area contributed by atoms with Crippen molar-refractivity contribution in [2.45, 2.75) is 13.0 Å². The summed E-state index contributed by atoms with van der Waals surface area (Å²) in [6.07, 6.45) is 0.604. The van der Waals surface area contributed by atoms with Gasteiger partial charge in [0.1, 0.15) is 0 Å². The fraction of sp³-hybridized carbons (Fsp3) is 0.400. The summed E-state index contributed by atoms with van der Waals surface area (Å²) in [5, 5.41) is 10.00. The normalized spacial score (nSPS) is 10.8. The molecule has 0 unspecified atom stereocenters. The number of halogens is 2. The van der Waals surface area contributed by atoms with Crippen molar-refractivity contribution >= 4 is 44.9 Å². The third-order valence-corrected chi connectivity index (χ3v) is 3.87. The van der Waals surface area contributed by atoms with E-state index in [1.165, 1.54) is 5.56 Å². The summed E-state index contributed by atoms with van der Waals surface area (Å²) >= 11 is 10.7. The first-order valence-corrected chi connectivity index (χ1v) is 7.22. The maximum atomic E-state index is 5.61. The molecule has 2 heterocycles. The Labute approximate surface area is 117 Å². The maximum absolute atomic E-state index is 5.61. The van der Waals surface area contributed by atoms with Gasteiger partial charge in [0, 0.05) is 25.9 Å². The Hall–Kier alpha value is -0.590. The number of alkyl halides is 1. The van der Waals surface area contributed by atoms with Crippen molar-refractivity contribution < 1.29 is 4.42 Å². The van der Waals surface area contributed by atoms with Gasteiger partial charge in [0.2, 0.25) is 5.89 Å². The highest BCUT2D eigenvalue weighted by Gasteiger charge is 2.11. The Morgan fingerprint density at radius 1 is 1.53 bits per heavy atom. The molecule has 2 aromatic rings. The zero-order valence-corrected chi connectivity index (χ0v) is 12.3. The molecule has 0 fully saturated rings. The summed E-state index contributed by atoms with van der Waals surface area (Å²) in [5.41, 5.74) is 1.21. The van der Waals surface area contributed by atoms with Crippen LogP contribution in [-0.4, -0.2) is 23.1 Å². The summed E-state index contributed by atoms with van der Waals surface area (Å²) in [7, 11) is 1.92. The van der Waals surface area contributed by atoms with Gasteiger partial charge >= 0.3 is 6.01 Å². The van der Waals surface area contributed by atoms with Crippen LogP contribution >= 0.6 is 38.9 Å². The quantitative estimate of drug-likeness (QED) is 0.786. The average Bonchev–Trinajstić information content (AvgIpc) is 2.88. The molecule has 2 rings (SSSR count). The number of aromatic nitrogens is 2. The second-order valence-electron chi connectivity index (χ2n) is 3.53. The first-order valence-electron chi connectivity index (χ1n) is 5.01. The second-order valence-corrected chi connectivity index (χ2v) is 6.20. The molecule has 7 heteroatoms. The van der Waals surface area contributed by atoms with E-state index in [0.29, 0.717) is 24.2 Å². The highest BCUT2D eigenvalue weighted by atomic mass is 79.9. The Kier molecular flexibility index (Phi) is 4.42.